The van der Waals surface area contributed by atoms with Crippen molar-refractivity contribution in [2.75, 3.05) is 4.90 Å². The van der Waals surface area contributed by atoms with Crippen molar-refractivity contribution >= 4 is 54.7 Å². The normalized spacial score (nSPS) is 14.6. The first-order valence-electron chi connectivity index (χ1n) is 24.8. The van der Waals surface area contributed by atoms with Crippen LogP contribution < -0.4 is 4.90 Å². The molecule has 1 heterocycles. The highest BCUT2D eigenvalue weighted by Crippen LogP contribution is 2.44. The van der Waals surface area contributed by atoms with Gasteiger partial charge in [-0.1, -0.05) is 207 Å². The van der Waals surface area contributed by atoms with Crippen molar-refractivity contribution in [3.05, 3.63) is 284 Å². The van der Waals surface area contributed by atoms with Crippen molar-refractivity contribution in [2.24, 2.45) is 5.92 Å². The molecule has 0 fully saturated rings. The van der Waals surface area contributed by atoms with Gasteiger partial charge in [0.05, 0.1) is 11.0 Å². The molecule has 0 radical (unpaired) electrons. The van der Waals surface area contributed by atoms with Gasteiger partial charge in [0.2, 0.25) is 0 Å². The molecule has 2 nitrogen and oxygen atoms in total. The van der Waals surface area contributed by atoms with E-state index in [9.17, 15) is 0 Å². The van der Waals surface area contributed by atoms with Crippen LogP contribution in [-0.4, -0.2) is 4.57 Å². The van der Waals surface area contributed by atoms with Gasteiger partial charge in [-0.05, 0) is 150 Å². The van der Waals surface area contributed by atoms with E-state index >= 15 is 0 Å². The summed E-state index contributed by atoms with van der Waals surface area (Å²) >= 11 is 0. The molecule has 0 saturated carbocycles. The third-order valence-corrected chi connectivity index (χ3v) is 14.6. The lowest BCUT2D eigenvalue weighted by atomic mass is 9.80. The summed E-state index contributed by atoms with van der Waals surface area (Å²) in [4.78, 5) is 2.44. The average molecular weight is 907 g/mol. The second-order valence-corrected chi connectivity index (χ2v) is 18.9. The third kappa shape index (κ3) is 7.62. The van der Waals surface area contributed by atoms with Crippen molar-refractivity contribution in [3.63, 3.8) is 0 Å². The fourth-order valence-corrected chi connectivity index (χ4v) is 11.3. The molecule has 13 rings (SSSR count). The second kappa shape index (κ2) is 17.8. The van der Waals surface area contributed by atoms with Gasteiger partial charge in [0.15, 0.2) is 0 Å². The minimum absolute atomic E-state index is 0.217. The molecule has 0 N–H and O–H groups in total. The molecule has 1 aliphatic rings. The fraction of sp³-hybridized carbons (Fsp3) is 0.0435. The second-order valence-electron chi connectivity index (χ2n) is 18.9. The number of aromatic nitrogens is 1. The summed E-state index contributed by atoms with van der Waals surface area (Å²) in [7, 11) is 0. The van der Waals surface area contributed by atoms with Crippen LogP contribution in [0.3, 0.4) is 0 Å². The largest absolute Gasteiger partial charge is 0.311 e. The van der Waals surface area contributed by atoms with E-state index in [1.165, 1.54) is 87.9 Å². The van der Waals surface area contributed by atoms with Gasteiger partial charge in [-0.25, -0.2) is 0 Å². The SMILES string of the molecule is CC1C=C(N(c2ccc(-c3cccc(-c4ccccc4)c3)cc2)c2cccc(-c3cccc(-c4cccc5c4c4ccccc4n5-c4ccccc4)c3)c2)C=CC1c1cc2ccccc2c2ccccc12. The Morgan fingerprint density at radius 3 is 1.69 bits per heavy atom. The molecule has 0 spiro atoms. The van der Waals surface area contributed by atoms with Crippen molar-refractivity contribution in [1.82, 2.24) is 4.57 Å². The summed E-state index contributed by atoms with van der Waals surface area (Å²) in [6, 6.07) is 93.1. The molecule has 0 amide bonds. The predicted molar refractivity (Wildman–Crippen MR) is 302 cm³/mol. The highest BCUT2D eigenvalue weighted by molar-refractivity contribution is 6.16. The van der Waals surface area contributed by atoms with Gasteiger partial charge in [-0.2, -0.15) is 0 Å². The van der Waals surface area contributed by atoms with Gasteiger partial charge < -0.3 is 9.47 Å². The van der Waals surface area contributed by atoms with Crippen molar-refractivity contribution in [1.29, 1.82) is 0 Å². The Morgan fingerprint density at radius 1 is 0.380 bits per heavy atom. The number of allylic oxidation sites excluding steroid dienone is 3. The highest BCUT2D eigenvalue weighted by atomic mass is 15.1. The van der Waals surface area contributed by atoms with Gasteiger partial charge in [-0.3, -0.25) is 0 Å². The van der Waals surface area contributed by atoms with E-state index < -0.39 is 0 Å². The third-order valence-electron chi connectivity index (χ3n) is 14.6. The zero-order valence-corrected chi connectivity index (χ0v) is 39.5. The predicted octanol–water partition coefficient (Wildman–Crippen LogP) is 18.8. The molecular formula is C69H50N2. The Labute approximate surface area is 415 Å². The van der Waals surface area contributed by atoms with Gasteiger partial charge in [0.1, 0.15) is 0 Å². The summed E-state index contributed by atoms with van der Waals surface area (Å²) in [6.07, 6.45) is 7.27. The number of hydrogen-bond donors (Lipinski definition) is 0. The summed E-state index contributed by atoms with van der Waals surface area (Å²) in [5.74, 6) is 0.451. The Kier molecular flexibility index (Phi) is 10.6. The molecule has 0 bridgehead atoms. The number of nitrogens with zero attached hydrogens (tertiary/aromatic N) is 2. The molecule has 12 aromatic rings. The summed E-state index contributed by atoms with van der Waals surface area (Å²) < 4.78 is 2.39. The van der Waals surface area contributed by atoms with Gasteiger partial charge in [0.25, 0.3) is 0 Å². The van der Waals surface area contributed by atoms with Crippen LogP contribution in [0.2, 0.25) is 0 Å². The van der Waals surface area contributed by atoms with E-state index in [1.54, 1.807) is 0 Å². The van der Waals surface area contributed by atoms with Crippen LogP contribution in [-0.2, 0) is 0 Å². The first-order chi connectivity index (χ1) is 35.1. The number of fused-ring (bicyclic) bond motifs is 6. The van der Waals surface area contributed by atoms with Crippen LogP contribution in [0.15, 0.2) is 279 Å². The maximum Gasteiger partial charge on any atom is 0.0547 e. The molecule has 336 valence electrons. The lowest BCUT2D eigenvalue weighted by Crippen LogP contribution is -2.20. The summed E-state index contributed by atoms with van der Waals surface area (Å²) in [5.41, 5.74) is 17.9. The number of para-hydroxylation sites is 2. The van der Waals surface area contributed by atoms with Crippen LogP contribution in [0.25, 0.3) is 93.5 Å². The Hall–Kier alpha value is -8.98. The van der Waals surface area contributed by atoms with E-state index in [-0.39, 0.29) is 11.8 Å². The molecule has 0 aliphatic heterocycles. The van der Waals surface area contributed by atoms with E-state index in [1.807, 2.05) is 0 Å². The molecule has 71 heavy (non-hydrogen) atoms. The number of rotatable bonds is 9. The van der Waals surface area contributed by atoms with E-state index in [0.29, 0.717) is 0 Å². The smallest absolute Gasteiger partial charge is 0.0547 e. The molecule has 0 saturated heterocycles. The zero-order valence-electron chi connectivity index (χ0n) is 39.5. The summed E-state index contributed by atoms with van der Waals surface area (Å²) in [5, 5.41) is 7.72. The standard InChI is InChI=1S/C69H50N2/c1-47-42-59(40-41-60(47)66-46-55-20-8-9-29-61(55)63-30-10-11-31-64(63)66)70(57-38-36-49(37-39-57)51-22-14-21-50(43-51)48-18-4-2-5-19-48)58-28-16-24-53(45-58)52-23-15-25-54(44-52)62-33-17-35-68-69(62)65-32-12-13-34-67(65)71(68)56-26-6-3-7-27-56/h2-47,60H,1H3. The average Bonchev–Trinajstić information content (AvgIpc) is 3.79. The van der Waals surface area contributed by atoms with E-state index in [0.717, 1.165) is 28.3 Å². The number of anilines is 2. The first kappa shape index (κ1) is 42.1. The Bertz CT molecular complexity index is 4010. The molecular weight excluding hydrogens is 857 g/mol. The van der Waals surface area contributed by atoms with Gasteiger partial charge >= 0.3 is 0 Å². The van der Waals surface area contributed by atoms with Crippen molar-refractivity contribution in [2.45, 2.75) is 12.8 Å². The van der Waals surface area contributed by atoms with Gasteiger partial charge in [-0.15, -0.1) is 0 Å². The maximum atomic E-state index is 2.48. The molecule has 11 aromatic carbocycles. The molecule has 1 aromatic heterocycles. The Balaban J connectivity index is 0.901. The van der Waals surface area contributed by atoms with E-state index in [2.05, 4.69) is 289 Å². The van der Waals surface area contributed by atoms with Gasteiger partial charge in [0, 0.05) is 39.4 Å². The minimum atomic E-state index is 0.217. The fourth-order valence-electron chi connectivity index (χ4n) is 11.3. The highest BCUT2D eigenvalue weighted by Gasteiger charge is 2.25. The lowest BCUT2D eigenvalue weighted by molar-refractivity contribution is 0.632. The topological polar surface area (TPSA) is 8.17 Å². The van der Waals surface area contributed by atoms with E-state index in [4.69, 9.17) is 0 Å². The van der Waals surface area contributed by atoms with Crippen LogP contribution in [0.1, 0.15) is 18.4 Å². The zero-order chi connectivity index (χ0) is 47.3. The first-order valence-corrected chi connectivity index (χ1v) is 24.8. The quantitative estimate of drug-likeness (QED) is 0.131. The molecule has 2 unspecified atom stereocenters. The number of benzene rings is 11. The van der Waals surface area contributed by atoms with Crippen molar-refractivity contribution in [3.8, 4) is 50.2 Å². The summed E-state index contributed by atoms with van der Waals surface area (Å²) in [6.45, 7) is 2.37. The number of hydrogen-bond acceptors (Lipinski definition) is 1. The minimum Gasteiger partial charge on any atom is -0.311 e. The van der Waals surface area contributed by atoms with Crippen molar-refractivity contribution < 1.29 is 0 Å². The lowest BCUT2D eigenvalue weighted by Gasteiger charge is -2.32. The van der Waals surface area contributed by atoms with Crippen LogP contribution in [0.5, 0.6) is 0 Å². The van der Waals surface area contributed by atoms with Crippen LogP contribution in [0.4, 0.5) is 11.4 Å². The molecule has 1 aliphatic carbocycles. The molecule has 2 atom stereocenters. The van der Waals surface area contributed by atoms with Crippen LogP contribution in [0, 0.1) is 5.92 Å². The monoisotopic (exact) mass is 906 g/mol. The molecule has 2 heteroatoms. The Morgan fingerprint density at radius 2 is 0.930 bits per heavy atom. The maximum absolute atomic E-state index is 2.48. The van der Waals surface area contributed by atoms with Crippen LogP contribution >= 0.6 is 0 Å².